The maximum Gasteiger partial charge on any atom is 0.292 e. The summed E-state index contributed by atoms with van der Waals surface area (Å²) in [6.45, 7) is 0. The lowest BCUT2D eigenvalue weighted by atomic mass is 9.97. The molecule has 0 saturated carbocycles. The molecule has 316 valence electrons. The fraction of sp³-hybridized carbons (Fsp3) is 0.0328. The van der Waals surface area contributed by atoms with E-state index in [1.54, 1.807) is 0 Å². The summed E-state index contributed by atoms with van der Waals surface area (Å²) < 4.78 is 4.84. The molecule has 0 spiro atoms. The maximum atomic E-state index is 2.42. The van der Waals surface area contributed by atoms with Crippen LogP contribution in [0.3, 0.4) is 0 Å². The van der Waals surface area contributed by atoms with Gasteiger partial charge >= 0.3 is 0 Å². The smallest absolute Gasteiger partial charge is 0.292 e. The second-order valence-corrected chi connectivity index (χ2v) is 16.7. The van der Waals surface area contributed by atoms with Crippen molar-refractivity contribution in [3.63, 3.8) is 0 Å². The van der Waals surface area contributed by atoms with Crippen LogP contribution in [-0.2, 0) is 0 Å². The zero-order chi connectivity index (χ0) is 43.1. The molecule has 2 aliphatic rings. The summed E-state index contributed by atoms with van der Waals surface area (Å²) in [5, 5.41) is 4.87. The molecule has 1 aliphatic heterocycles. The fourth-order valence-electron chi connectivity index (χ4n) is 9.92. The molecule has 4 nitrogen and oxygen atoms in total. The van der Waals surface area contributed by atoms with Gasteiger partial charge in [0, 0.05) is 17.5 Å². The number of aromatic nitrogens is 2. The van der Waals surface area contributed by atoms with Crippen molar-refractivity contribution in [1.82, 2.24) is 4.57 Å². The highest BCUT2D eigenvalue weighted by atomic mass is 127. The van der Waals surface area contributed by atoms with Gasteiger partial charge in [0.05, 0.1) is 11.4 Å². The fourth-order valence-corrected chi connectivity index (χ4v) is 9.92. The summed E-state index contributed by atoms with van der Waals surface area (Å²) in [7, 11) is 0. The number of rotatable bonds is 8. The van der Waals surface area contributed by atoms with Crippen LogP contribution in [0.1, 0.15) is 24.2 Å². The second kappa shape index (κ2) is 17.7. The summed E-state index contributed by atoms with van der Waals surface area (Å²) in [5.41, 5.74) is 14.3. The largest absolute Gasteiger partial charge is 1.00 e. The average molecular weight is 961 g/mol. The van der Waals surface area contributed by atoms with E-state index in [1.165, 1.54) is 43.8 Å². The van der Waals surface area contributed by atoms with E-state index in [2.05, 4.69) is 268 Å². The summed E-state index contributed by atoms with van der Waals surface area (Å²) >= 11 is 0. The molecule has 1 aromatic heterocycles. The molecule has 0 bridgehead atoms. The van der Waals surface area contributed by atoms with E-state index in [4.69, 9.17) is 0 Å². The molecule has 9 aromatic carbocycles. The SMILES string of the molecule is C(/C=C1\CCC(/C=C/c2n(-c3ccccc3)c3cc4ccccc4cc3[n+]2-c2ccccc2)=C1c1ccccc1)=C1N(c2ccccc2)c2cc3ccccc3cc2N1c1ccccc1.[I-]. The summed E-state index contributed by atoms with van der Waals surface area (Å²) in [4.78, 5) is 4.84. The van der Waals surface area contributed by atoms with Crippen LogP contribution in [0, 0.1) is 0 Å². The Morgan fingerprint density at radius 3 is 1.45 bits per heavy atom. The normalized spacial score (nSPS) is 14.2. The van der Waals surface area contributed by atoms with Crippen LogP contribution >= 0.6 is 0 Å². The van der Waals surface area contributed by atoms with E-state index in [0.29, 0.717) is 0 Å². The summed E-state index contributed by atoms with van der Waals surface area (Å²) in [5.74, 6) is 2.17. The number of allylic oxidation sites excluding steroid dienone is 6. The molecule has 0 saturated heterocycles. The first-order valence-electron chi connectivity index (χ1n) is 22.5. The molecule has 0 atom stereocenters. The third kappa shape index (κ3) is 7.31. The molecule has 2 heterocycles. The highest BCUT2D eigenvalue weighted by Gasteiger charge is 2.34. The van der Waals surface area contributed by atoms with E-state index in [0.717, 1.165) is 69.6 Å². The lowest BCUT2D eigenvalue weighted by molar-refractivity contribution is -0.570. The Hall–Kier alpha value is -7.74. The molecule has 0 amide bonds. The van der Waals surface area contributed by atoms with E-state index in [9.17, 15) is 0 Å². The number of hydrogen-bond donors (Lipinski definition) is 0. The minimum absolute atomic E-state index is 0. The monoisotopic (exact) mass is 960 g/mol. The number of nitrogens with zero attached hydrogens (tertiary/aromatic N) is 4. The van der Waals surface area contributed by atoms with Crippen molar-refractivity contribution in [3.05, 3.63) is 271 Å². The molecular weight excluding hydrogens is 916 g/mol. The topological polar surface area (TPSA) is 15.3 Å². The summed E-state index contributed by atoms with van der Waals surface area (Å²) in [6, 6.07) is 80.7. The first-order chi connectivity index (χ1) is 32.3. The highest BCUT2D eigenvalue weighted by Crippen LogP contribution is 2.51. The van der Waals surface area contributed by atoms with Crippen LogP contribution in [0.15, 0.2) is 260 Å². The minimum Gasteiger partial charge on any atom is -1.00 e. The Morgan fingerprint density at radius 2 is 0.894 bits per heavy atom. The van der Waals surface area contributed by atoms with Gasteiger partial charge in [-0.25, -0.2) is 0 Å². The first-order valence-corrected chi connectivity index (χ1v) is 22.5. The number of anilines is 4. The molecule has 5 heteroatoms. The molecule has 0 fully saturated rings. The number of imidazole rings is 1. The lowest BCUT2D eigenvalue weighted by Crippen LogP contribution is -3.00. The van der Waals surface area contributed by atoms with Crippen molar-refractivity contribution in [1.29, 1.82) is 0 Å². The minimum atomic E-state index is 0. The van der Waals surface area contributed by atoms with Crippen LogP contribution in [-0.4, -0.2) is 4.57 Å². The number of para-hydroxylation sites is 4. The number of hydrogen-bond acceptors (Lipinski definition) is 2. The van der Waals surface area contributed by atoms with Gasteiger partial charge in [-0.3, -0.25) is 9.80 Å². The quantitative estimate of drug-likeness (QED) is 0.111. The van der Waals surface area contributed by atoms with E-state index in [-0.39, 0.29) is 24.0 Å². The van der Waals surface area contributed by atoms with Crippen molar-refractivity contribution in [2.75, 3.05) is 9.80 Å². The van der Waals surface area contributed by atoms with Crippen LogP contribution in [0.5, 0.6) is 0 Å². The van der Waals surface area contributed by atoms with Crippen LogP contribution in [0.4, 0.5) is 22.7 Å². The Bertz CT molecular complexity index is 3330. The van der Waals surface area contributed by atoms with Gasteiger partial charge in [0.1, 0.15) is 17.2 Å². The number of fused-ring (bicyclic) bond motifs is 4. The molecule has 0 radical (unpaired) electrons. The average Bonchev–Trinajstić information content (AvgIpc) is 4.03. The van der Waals surface area contributed by atoms with Crippen molar-refractivity contribution in [2.45, 2.75) is 12.8 Å². The number of halogens is 1. The molecule has 10 aromatic rings. The number of benzene rings is 9. The second-order valence-electron chi connectivity index (χ2n) is 16.7. The molecular formula is C61H45IN4. The predicted octanol–water partition coefficient (Wildman–Crippen LogP) is 12.2. The Labute approximate surface area is 402 Å². The summed E-state index contributed by atoms with van der Waals surface area (Å²) in [6.07, 6.45) is 11.3. The van der Waals surface area contributed by atoms with Crippen molar-refractivity contribution in [3.8, 4) is 11.4 Å². The lowest BCUT2D eigenvalue weighted by Gasteiger charge is -2.25. The van der Waals surface area contributed by atoms with Gasteiger partial charge in [-0.05, 0) is 136 Å². The van der Waals surface area contributed by atoms with Gasteiger partial charge in [-0.1, -0.05) is 164 Å². The van der Waals surface area contributed by atoms with E-state index in [1.807, 2.05) is 0 Å². The third-order valence-electron chi connectivity index (χ3n) is 12.9. The molecule has 0 unspecified atom stereocenters. The Kier molecular flexibility index (Phi) is 11.0. The van der Waals surface area contributed by atoms with Gasteiger partial charge in [0.25, 0.3) is 5.82 Å². The first kappa shape index (κ1) is 41.0. The van der Waals surface area contributed by atoms with E-state index >= 15 is 0 Å². The zero-order valence-corrected chi connectivity index (χ0v) is 38.4. The van der Waals surface area contributed by atoms with Crippen LogP contribution < -0.4 is 38.3 Å². The molecule has 12 rings (SSSR count). The van der Waals surface area contributed by atoms with Gasteiger partial charge in [-0.15, -0.1) is 0 Å². The molecule has 0 N–H and O–H groups in total. The van der Waals surface area contributed by atoms with Gasteiger partial charge < -0.3 is 24.0 Å². The standard InChI is InChI=1S/C61H45N4.HI/c1-6-20-44(21-7-1)61-45(36-38-59-62(51-26-8-2-9-27-51)55-40-47-22-16-17-23-48(47)41-56(55)63(59)52-28-10-3-11-29-52)34-35-46(61)37-39-60-64(53-30-12-4-13-31-53)57-42-49-24-18-19-25-50(49)43-58(57)65(60)54-32-14-5-15-33-54;/h1-33,36-43H,34-35H2;1H/q+1;/p-1. The zero-order valence-electron chi connectivity index (χ0n) is 36.3. The van der Waals surface area contributed by atoms with Crippen molar-refractivity contribution in [2.24, 2.45) is 0 Å². The maximum absolute atomic E-state index is 2.42. The van der Waals surface area contributed by atoms with E-state index < -0.39 is 0 Å². The van der Waals surface area contributed by atoms with Gasteiger partial charge in [0.2, 0.25) is 0 Å². The third-order valence-corrected chi connectivity index (χ3v) is 12.9. The van der Waals surface area contributed by atoms with Gasteiger partial charge in [0.15, 0.2) is 11.0 Å². The predicted molar refractivity (Wildman–Crippen MR) is 271 cm³/mol. The van der Waals surface area contributed by atoms with Crippen LogP contribution in [0.25, 0.3) is 55.6 Å². The Balaban J connectivity index is 0.00000481. The highest BCUT2D eigenvalue weighted by molar-refractivity contribution is 6.02. The van der Waals surface area contributed by atoms with Gasteiger partial charge in [-0.2, -0.15) is 9.13 Å². The molecule has 1 aliphatic carbocycles. The van der Waals surface area contributed by atoms with Crippen molar-refractivity contribution >= 4 is 67.0 Å². The molecule has 66 heavy (non-hydrogen) atoms. The van der Waals surface area contributed by atoms with Crippen LogP contribution in [0.2, 0.25) is 0 Å². The Morgan fingerprint density at radius 1 is 0.424 bits per heavy atom. The van der Waals surface area contributed by atoms with Crippen molar-refractivity contribution < 1.29 is 28.5 Å².